The summed E-state index contributed by atoms with van der Waals surface area (Å²) >= 11 is 1.39. The van der Waals surface area contributed by atoms with Crippen molar-refractivity contribution in [3.05, 3.63) is 11.2 Å². The lowest BCUT2D eigenvalue weighted by molar-refractivity contribution is 0.0521. The van der Waals surface area contributed by atoms with Gasteiger partial charge in [-0.3, -0.25) is 0 Å². The fraction of sp³-hybridized carbons (Fsp3) is 0.692. The first-order chi connectivity index (χ1) is 9.15. The zero-order valence-electron chi connectivity index (χ0n) is 11.8. The van der Waals surface area contributed by atoms with Gasteiger partial charge in [0.15, 0.2) is 5.69 Å². The SMILES string of the molecule is CCOC(=O)c1ncsc1NCCOCCC(C)C. The first-order valence-electron chi connectivity index (χ1n) is 6.57. The van der Waals surface area contributed by atoms with Crippen LogP contribution in [0.1, 0.15) is 37.7 Å². The van der Waals surface area contributed by atoms with Crippen molar-refractivity contribution in [2.75, 3.05) is 31.7 Å². The van der Waals surface area contributed by atoms with Gasteiger partial charge < -0.3 is 14.8 Å². The first-order valence-corrected chi connectivity index (χ1v) is 7.45. The van der Waals surface area contributed by atoms with E-state index in [1.165, 1.54) is 11.3 Å². The topological polar surface area (TPSA) is 60.5 Å². The third-order valence-corrected chi connectivity index (χ3v) is 3.19. The molecule has 0 atom stereocenters. The fourth-order valence-electron chi connectivity index (χ4n) is 1.37. The van der Waals surface area contributed by atoms with Crippen LogP contribution in [0.3, 0.4) is 0 Å². The van der Waals surface area contributed by atoms with E-state index in [4.69, 9.17) is 9.47 Å². The number of ether oxygens (including phenoxy) is 2. The lowest BCUT2D eigenvalue weighted by Gasteiger charge is -2.08. The summed E-state index contributed by atoms with van der Waals surface area (Å²) in [5.74, 6) is 0.275. The van der Waals surface area contributed by atoms with E-state index >= 15 is 0 Å². The molecule has 1 aromatic heterocycles. The monoisotopic (exact) mass is 286 g/mol. The van der Waals surface area contributed by atoms with Crippen LogP contribution in [0.5, 0.6) is 0 Å². The summed E-state index contributed by atoms with van der Waals surface area (Å²) in [6.07, 6.45) is 1.06. The number of nitrogens with one attached hydrogen (secondary N) is 1. The van der Waals surface area contributed by atoms with E-state index in [9.17, 15) is 4.79 Å². The summed E-state index contributed by atoms with van der Waals surface area (Å²) < 4.78 is 10.4. The highest BCUT2D eigenvalue weighted by atomic mass is 32.1. The van der Waals surface area contributed by atoms with Crippen LogP contribution in [-0.2, 0) is 9.47 Å². The Morgan fingerprint density at radius 3 is 2.95 bits per heavy atom. The van der Waals surface area contributed by atoms with Crippen molar-refractivity contribution in [1.82, 2.24) is 4.98 Å². The molecule has 0 spiro atoms. The minimum atomic E-state index is -0.382. The highest BCUT2D eigenvalue weighted by Gasteiger charge is 2.15. The van der Waals surface area contributed by atoms with Crippen LogP contribution < -0.4 is 5.32 Å². The summed E-state index contributed by atoms with van der Waals surface area (Å²) in [6, 6.07) is 0. The molecule has 0 aliphatic heterocycles. The van der Waals surface area contributed by atoms with E-state index in [-0.39, 0.29) is 5.97 Å². The molecule has 5 nitrogen and oxygen atoms in total. The molecule has 6 heteroatoms. The summed E-state index contributed by atoms with van der Waals surface area (Å²) in [5, 5.41) is 3.89. The molecule has 108 valence electrons. The van der Waals surface area contributed by atoms with Crippen LogP contribution in [0.25, 0.3) is 0 Å². The third kappa shape index (κ3) is 6.02. The summed E-state index contributed by atoms with van der Waals surface area (Å²) in [7, 11) is 0. The van der Waals surface area contributed by atoms with E-state index in [2.05, 4.69) is 24.1 Å². The highest BCUT2D eigenvalue weighted by Crippen LogP contribution is 2.20. The van der Waals surface area contributed by atoms with Gasteiger partial charge in [0.05, 0.1) is 18.7 Å². The molecule has 0 radical (unpaired) electrons. The van der Waals surface area contributed by atoms with E-state index in [0.717, 1.165) is 18.0 Å². The smallest absolute Gasteiger partial charge is 0.360 e. The summed E-state index contributed by atoms with van der Waals surface area (Å²) in [4.78, 5) is 15.6. The van der Waals surface area contributed by atoms with Crippen LogP contribution in [-0.4, -0.2) is 37.3 Å². The van der Waals surface area contributed by atoms with Crippen molar-refractivity contribution in [2.24, 2.45) is 5.92 Å². The van der Waals surface area contributed by atoms with Gasteiger partial charge in [-0.15, -0.1) is 11.3 Å². The molecule has 19 heavy (non-hydrogen) atoms. The van der Waals surface area contributed by atoms with Gasteiger partial charge in [-0.05, 0) is 19.3 Å². The normalized spacial score (nSPS) is 10.7. The van der Waals surface area contributed by atoms with Crippen molar-refractivity contribution in [3.63, 3.8) is 0 Å². The number of hydrogen-bond acceptors (Lipinski definition) is 6. The van der Waals surface area contributed by atoms with Crippen molar-refractivity contribution < 1.29 is 14.3 Å². The Bertz CT molecular complexity index is 380. The molecule has 0 aliphatic carbocycles. The second-order valence-corrected chi connectivity index (χ2v) is 5.33. The molecule has 0 bridgehead atoms. The minimum Gasteiger partial charge on any atom is -0.461 e. The molecular weight excluding hydrogens is 264 g/mol. The number of aromatic nitrogens is 1. The number of nitrogens with zero attached hydrogens (tertiary/aromatic N) is 1. The van der Waals surface area contributed by atoms with Gasteiger partial charge in [-0.2, -0.15) is 0 Å². The van der Waals surface area contributed by atoms with Crippen molar-refractivity contribution in [2.45, 2.75) is 27.2 Å². The third-order valence-electron chi connectivity index (χ3n) is 2.41. The van der Waals surface area contributed by atoms with Gasteiger partial charge in [0.25, 0.3) is 0 Å². The van der Waals surface area contributed by atoms with Crippen molar-refractivity contribution in [3.8, 4) is 0 Å². The first kappa shape index (κ1) is 15.9. The van der Waals surface area contributed by atoms with E-state index in [1.54, 1.807) is 12.4 Å². The number of carbonyl (C=O) groups is 1. The zero-order valence-corrected chi connectivity index (χ0v) is 12.6. The molecule has 1 heterocycles. The number of esters is 1. The van der Waals surface area contributed by atoms with Crippen LogP contribution in [0.2, 0.25) is 0 Å². The van der Waals surface area contributed by atoms with Gasteiger partial charge in [-0.1, -0.05) is 13.8 Å². The van der Waals surface area contributed by atoms with Crippen LogP contribution in [0, 0.1) is 5.92 Å². The highest BCUT2D eigenvalue weighted by molar-refractivity contribution is 7.14. The standard InChI is InChI=1S/C13H22N2O3S/c1-4-18-13(16)11-12(19-9-15-11)14-6-8-17-7-5-10(2)3/h9-10,14H,4-8H2,1-3H3. The Morgan fingerprint density at radius 1 is 1.47 bits per heavy atom. The molecule has 1 N–H and O–H groups in total. The van der Waals surface area contributed by atoms with Gasteiger partial charge in [0.1, 0.15) is 5.00 Å². The lowest BCUT2D eigenvalue weighted by Crippen LogP contribution is -2.13. The number of anilines is 1. The second kappa shape index (κ2) is 8.87. The maximum absolute atomic E-state index is 11.6. The van der Waals surface area contributed by atoms with E-state index < -0.39 is 0 Å². The predicted molar refractivity (Wildman–Crippen MR) is 76.8 cm³/mol. The quantitative estimate of drug-likeness (QED) is 0.559. The number of hydrogen-bond donors (Lipinski definition) is 1. The van der Waals surface area contributed by atoms with E-state index in [0.29, 0.717) is 31.4 Å². The molecule has 0 saturated heterocycles. The average molecular weight is 286 g/mol. The maximum Gasteiger partial charge on any atom is 0.360 e. The van der Waals surface area contributed by atoms with Gasteiger partial charge in [-0.25, -0.2) is 9.78 Å². The van der Waals surface area contributed by atoms with E-state index in [1.807, 2.05) is 0 Å². The summed E-state index contributed by atoms with van der Waals surface area (Å²) in [6.45, 7) is 8.52. The largest absolute Gasteiger partial charge is 0.461 e. The Kier molecular flexibility index (Phi) is 7.43. The molecular formula is C13H22N2O3S. The fourth-order valence-corrected chi connectivity index (χ4v) is 2.07. The molecule has 0 unspecified atom stereocenters. The lowest BCUT2D eigenvalue weighted by atomic mass is 10.1. The molecule has 1 rings (SSSR count). The Labute approximate surface area is 118 Å². The van der Waals surface area contributed by atoms with Crippen LogP contribution >= 0.6 is 11.3 Å². The summed E-state index contributed by atoms with van der Waals surface area (Å²) in [5.41, 5.74) is 1.99. The Hall–Kier alpha value is -1.14. The molecule has 0 saturated carbocycles. The molecule has 1 aromatic rings. The maximum atomic E-state index is 11.6. The zero-order chi connectivity index (χ0) is 14.1. The van der Waals surface area contributed by atoms with Crippen LogP contribution in [0.4, 0.5) is 5.00 Å². The molecule has 0 aromatic carbocycles. The minimum absolute atomic E-state index is 0.355. The average Bonchev–Trinajstić information content (AvgIpc) is 2.82. The molecule has 0 aliphatic rings. The predicted octanol–water partition coefficient (Wildman–Crippen LogP) is 2.79. The van der Waals surface area contributed by atoms with Gasteiger partial charge in [0.2, 0.25) is 0 Å². The van der Waals surface area contributed by atoms with Crippen molar-refractivity contribution in [1.29, 1.82) is 0 Å². The Balaban J connectivity index is 2.26. The molecule has 0 fully saturated rings. The van der Waals surface area contributed by atoms with Crippen molar-refractivity contribution >= 4 is 22.3 Å². The second-order valence-electron chi connectivity index (χ2n) is 4.47. The number of thiazole rings is 1. The number of rotatable bonds is 9. The van der Waals surface area contributed by atoms with Crippen LogP contribution in [0.15, 0.2) is 5.51 Å². The molecule has 0 amide bonds. The van der Waals surface area contributed by atoms with Gasteiger partial charge in [0, 0.05) is 13.2 Å². The number of carbonyl (C=O) groups excluding carboxylic acids is 1. The Morgan fingerprint density at radius 2 is 2.26 bits per heavy atom. The van der Waals surface area contributed by atoms with Gasteiger partial charge >= 0.3 is 5.97 Å².